The Balaban J connectivity index is 1.78. The second kappa shape index (κ2) is 5.56. The van der Waals surface area contributed by atoms with E-state index in [1.54, 1.807) is 0 Å². The molecular formula is C19H18N2O2. The van der Waals surface area contributed by atoms with Crippen LogP contribution in [-0.2, 0) is 11.2 Å². The minimum atomic E-state index is -0.0225. The quantitative estimate of drug-likeness (QED) is 0.448. The highest BCUT2D eigenvalue weighted by molar-refractivity contribution is 5.93. The lowest BCUT2D eigenvalue weighted by Gasteiger charge is -2.08. The van der Waals surface area contributed by atoms with E-state index < -0.39 is 0 Å². The van der Waals surface area contributed by atoms with Crippen molar-refractivity contribution in [3.8, 4) is 11.3 Å². The molecular weight excluding hydrogens is 288 g/mol. The number of anilines is 1. The zero-order chi connectivity index (χ0) is 15.8. The van der Waals surface area contributed by atoms with Crippen LogP contribution in [0.2, 0.25) is 0 Å². The Hall–Kier alpha value is -2.59. The van der Waals surface area contributed by atoms with Crippen molar-refractivity contribution in [2.75, 3.05) is 18.7 Å². The second-order valence-corrected chi connectivity index (χ2v) is 5.72. The number of rotatable bonds is 4. The van der Waals surface area contributed by atoms with Crippen LogP contribution in [0, 0.1) is 0 Å². The van der Waals surface area contributed by atoms with Gasteiger partial charge in [-0.25, -0.2) is 0 Å². The van der Waals surface area contributed by atoms with Crippen LogP contribution < -0.4 is 10.9 Å². The van der Waals surface area contributed by atoms with Gasteiger partial charge in [0.05, 0.1) is 5.69 Å². The number of aromatic amines is 1. The maximum absolute atomic E-state index is 12.3. The van der Waals surface area contributed by atoms with Gasteiger partial charge in [-0.15, -0.1) is 0 Å². The molecule has 0 atom stereocenters. The van der Waals surface area contributed by atoms with Gasteiger partial charge in [-0.05, 0) is 41.6 Å². The second-order valence-electron chi connectivity index (χ2n) is 5.72. The summed E-state index contributed by atoms with van der Waals surface area (Å²) in [5, 5.41) is 5.06. The van der Waals surface area contributed by atoms with Gasteiger partial charge in [0.1, 0.15) is 6.73 Å². The van der Waals surface area contributed by atoms with E-state index in [4.69, 9.17) is 4.74 Å². The van der Waals surface area contributed by atoms with Crippen LogP contribution in [0.25, 0.3) is 22.0 Å². The first-order valence-electron chi connectivity index (χ1n) is 7.86. The summed E-state index contributed by atoms with van der Waals surface area (Å²) in [4.78, 5) is 15.4. The highest BCUT2D eigenvalue weighted by atomic mass is 16.5. The standard InChI is InChI=1S/C19H18N2O2/c1-2-23-11-20-13-7-8-14-12(9-13)10-17-15-5-3-4-6-16(15)19(22)21-18(14)17/h3-9,20H,2,10-11H2,1H3,(H,21,22). The maximum atomic E-state index is 12.3. The van der Waals surface area contributed by atoms with Crippen molar-refractivity contribution in [1.82, 2.24) is 4.98 Å². The Morgan fingerprint density at radius 1 is 1.17 bits per heavy atom. The van der Waals surface area contributed by atoms with Gasteiger partial charge in [-0.2, -0.15) is 0 Å². The number of pyridine rings is 1. The first-order chi connectivity index (χ1) is 11.3. The van der Waals surface area contributed by atoms with Gasteiger partial charge in [-0.3, -0.25) is 4.79 Å². The van der Waals surface area contributed by atoms with Crippen molar-refractivity contribution in [2.24, 2.45) is 0 Å². The Kier molecular flexibility index (Phi) is 3.39. The molecule has 0 unspecified atom stereocenters. The van der Waals surface area contributed by atoms with Crippen LogP contribution in [0.3, 0.4) is 0 Å². The molecule has 1 aliphatic rings. The Bertz CT molecular complexity index is 944. The van der Waals surface area contributed by atoms with Crippen molar-refractivity contribution in [1.29, 1.82) is 0 Å². The number of benzene rings is 2. The zero-order valence-corrected chi connectivity index (χ0v) is 13.0. The molecule has 3 aromatic rings. The minimum Gasteiger partial charge on any atom is -0.363 e. The third-order valence-electron chi connectivity index (χ3n) is 4.36. The molecule has 0 radical (unpaired) electrons. The molecule has 0 saturated heterocycles. The lowest BCUT2D eigenvalue weighted by atomic mass is 10.0. The lowest BCUT2D eigenvalue weighted by Crippen LogP contribution is -2.08. The smallest absolute Gasteiger partial charge is 0.256 e. The van der Waals surface area contributed by atoms with Gasteiger partial charge in [0, 0.05) is 29.7 Å². The number of fused-ring (bicyclic) bond motifs is 5. The first kappa shape index (κ1) is 14.0. The van der Waals surface area contributed by atoms with E-state index >= 15 is 0 Å². The van der Waals surface area contributed by atoms with Gasteiger partial charge < -0.3 is 15.0 Å². The Labute approximate surface area is 134 Å². The third kappa shape index (κ3) is 2.32. The largest absolute Gasteiger partial charge is 0.363 e. The fourth-order valence-corrected chi connectivity index (χ4v) is 3.27. The molecule has 2 aromatic carbocycles. The average Bonchev–Trinajstić information content (AvgIpc) is 2.93. The summed E-state index contributed by atoms with van der Waals surface area (Å²) in [6, 6.07) is 14.0. The molecule has 0 bridgehead atoms. The topological polar surface area (TPSA) is 54.1 Å². The van der Waals surface area contributed by atoms with Gasteiger partial charge in [0.25, 0.3) is 5.56 Å². The summed E-state index contributed by atoms with van der Waals surface area (Å²) in [5.41, 5.74) is 5.53. The molecule has 1 heterocycles. The molecule has 0 amide bonds. The van der Waals surface area contributed by atoms with Crippen molar-refractivity contribution in [3.05, 3.63) is 63.9 Å². The number of H-pyrrole nitrogens is 1. The van der Waals surface area contributed by atoms with Crippen molar-refractivity contribution in [2.45, 2.75) is 13.3 Å². The fourth-order valence-electron chi connectivity index (χ4n) is 3.27. The van der Waals surface area contributed by atoms with E-state index in [-0.39, 0.29) is 5.56 Å². The molecule has 4 rings (SSSR count). The fraction of sp³-hybridized carbons (Fsp3) is 0.211. The van der Waals surface area contributed by atoms with E-state index in [2.05, 4.69) is 22.4 Å². The van der Waals surface area contributed by atoms with Gasteiger partial charge in [0.15, 0.2) is 0 Å². The highest BCUT2D eigenvalue weighted by Crippen LogP contribution is 2.38. The Morgan fingerprint density at radius 2 is 2.00 bits per heavy atom. The number of hydrogen-bond acceptors (Lipinski definition) is 3. The third-order valence-corrected chi connectivity index (χ3v) is 4.36. The minimum absolute atomic E-state index is 0.0225. The molecule has 23 heavy (non-hydrogen) atoms. The molecule has 1 aliphatic carbocycles. The van der Waals surface area contributed by atoms with Crippen LogP contribution in [0.15, 0.2) is 47.3 Å². The van der Waals surface area contributed by atoms with E-state index in [1.807, 2.05) is 37.3 Å². The summed E-state index contributed by atoms with van der Waals surface area (Å²) in [6.45, 7) is 3.17. The SMILES string of the molecule is CCOCNc1ccc2c(c1)Cc1c-2[nH]c(=O)c2ccccc12. The summed E-state index contributed by atoms with van der Waals surface area (Å²) >= 11 is 0. The Morgan fingerprint density at radius 3 is 2.83 bits per heavy atom. The molecule has 116 valence electrons. The number of ether oxygens (including phenoxy) is 1. The first-order valence-corrected chi connectivity index (χ1v) is 7.86. The van der Waals surface area contributed by atoms with Gasteiger partial charge >= 0.3 is 0 Å². The molecule has 0 fully saturated rings. The maximum Gasteiger partial charge on any atom is 0.256 e. The van der Waals surface area contributed by atoms with Crippen LogP contribution in [0.1, 0.15) is 18.1 Å². The van der Waals surface area contributed by atoms with Crippen LogP contribution in [-0.4, -0.2) is 18.3 Å². The molecule has 0 spiro atoms. The predicted molar refractivity (Wildman–Crippen MR) is 92.9 cm³/mol. The van der Waals surface area contributed by atoms with Crippen molar-refractivity contribution < 1.29 is 4.74 Å². The average molecular weight is 306 g/mol. The van der Waals surface area contributed by atoms with Gasteiger partial charge in [-0.1, -0.05) is 24.3 Å². The molecule has 0 saturated carbocycles. The van der Waals surface area contributed by atoms with E-state index in [0.29, 0.717) is 13.3 Å². The van der Waals surface area contributed by atoms with E-state index in [1.165, 1.54) is 11.1 Å². The summed E-state index contributed by atoms with van der Waals surface area (Å²) in [7, 11) is 0. The summed E-state index contributed by atoms with van der Waals surface area (Å²) < 4.78 is 5.33. The normalized spacial score (nSPS) is 12.2. The lowest BCUT2D eigenvalue weighted by molar-refractivity contribution is 0.167. The molecule has 2 N–H and O–H groups in total. The van der Waals surface area contributed by atoms with Crippen molar-refractivity contribution in [3.63, 3.8) is 0 Å². The number of hydrogen-bond donors (Lipinski definition) is 2. The van der Waals surface area contributed by atoms with E-state index in [9.17, 15) is 4.79 Å². The van der Waals surface area contributed by atoms with Crippen molar-refractivity contribution >= 4 is 16.5 Å². The number of nitrogens with one attached hydrogen (secondary N) is 2. The predicted octanol–water partition coefficient (Wildman–Crippen LogP) is 3.51. The molecule has 0 aliphatic heterocycles. The van der Waals surface area contributed by atoms with Gasteiger partial charge in [0.2, 0.25) is 0 Å². The highest BCUT2D eigenvalue weighted by Gasteiger charge is 2.22. The molecule has 4 nitrogen and oxygen atoms in total. The zero-order valence-electron chi connectivity index (χ0n) is 13.0. The van der Waals surface area contributed by atoms with Crippen LogP contribution in [0.5, 0.6) is 0 Å². The van der Waals surface area contributed by atoms with Crippen LogP contribution >= 0.6 is 0 Å². The summed E-state index contributed by atoms with van der Waals surface area (Å²) in [6.07, 6.45) is 0.839. The van der Waals surface area contributed by atoms with E-state index in [0.717, 1.165) is 34.1 Å². The molecule has 4 heteroatoms. The monoisotopic (exact) mass is 306 g/mol. The molecule has 1 aromatic heterocycles. The number of aromatic nitrogens is 1. The van der Waals surface area contributed by atoms with Crippen LogP contribution in [0.4, 0.5) is 5.69 Å². The summed E-state index contributed by atoms with van der Waals surface area (Å²) in [5.74, 6) is 0.